The van der Waals surface area contributed by atoms with Gasteiger partial charge in [0.2, 0.25) is 0 Å². The molecule has 0 bridgehead atoms. The average Bonchev–Trinajstić information content (AvgIpc) is 3.33. The highest BCUT2D eigenvalue weighted by molar-refractivity contribution is 7.77. The summed E-state index contributed by atoms with van der Waals surface area (Å²) in [6.07, 6.45) is 5.03. The van der Waals surface area contributed by atoms with E-state index in [1.807, 2.05) is 18.2 Å². The molecule has 0 spiro atoms. The Bertz CT molecular complexity index is 1410. The fraction of sp³-hybridized carbons (Fsp3) is 0.310. The molecule has 0 atom stereocenters. The van der Waals surface area contributed by atoms with E-state index in [1.54, 1.807) is 11.3 Å². The molecule has 5 nitrogen and oxygen atoms in total. The SMILES string of the molecule is COc1cc(C(=O)O)c(F)cc1-c1ccc2nc(-c3ccc(C4CCC(C)(C)CC4)cc3)sc2c1.NS. The zero-order valence-corrected chi connectivity index (χ0v) is 22.8. The average molecular weight is 539 g/mol. The minimum atomic E-state index is -1.33. The Hall–Kier alpha value is -2.94. The Kier molecular flexibility index (Phi) is 8.21. The monoisotopic (exact) mass is 538 g/mol. The van der Waals surface area contributed by atoms with E-state index in [4.69, 9.17) is 9.72 Å². The van der Waals surface area contributed by atoms with E-state index in [0.717, 1.165) is 26.4 Å². The maximum absolute atomic E-state index is 14.4. The highest BCUT2D eigenvalue weighted by atomic mass is 32.1. The normalized spacial score (nSPS) is 15.2. The molecule has 0 radical (unpaired) electrons. The maximum atomic E-state index is 14.4. The molecule has 4 aromatic rings. The van der Waals surface area contributed by atoms with Gasteiger partial charge in [-0.15, -0.1) is 24.2 Å². The minimum Gasteiger partial charge on any atom is -0.496 e. The van der Waals surface area contributed by atoms with Gasteiger partial charge in [-0.25, -0.2) is 14.2 Å². The van der Waals surface area contributed by atoms with E-state index in [-0.39, 0.29) is 0 Å². The number of halogens is 1. The number of carboxylic acids is 1. The summed E-state index contributed by atoms with van der Waals surface area (Å²) >= 11 is 4.61. The van der Waals surface area contributed by atoms with Crippen molar-refractivity contribution >= 4 is 40.3 Å². The second-order valence-electron chi connectivity index (χ2n) is 10.1. The molecule has 3 N–H and O–H groups in total. The standard InChI is InChI=1S/C29H28FNO3S.H3NS/c1-29(2)12-10-18(11-13-29)17-4-6-19(7-5-17)27-31-24-9-8-20(14-26(24)35-27)21-15-23(30)22(28(32)33)16-25(21)34-3;1-2/h4-9,14-16,18H,10-13H2,1-3H3,(H,32,33);2H,1H2. The molecule has 37 heavy (non-hydrogen) atoms. The van der Waals surface area contributed by atoms with Crippen molar-refractivity contribution in [2.45, 2.75) is 45.4 Å². The van der Waals surface area contributed by atoms with E-state index >= 15 is 0 Å². The molecule has 1 fully saturated rings. The zero-order valence-electron chi connectivity index (χ0n) is 21.1. The quantitative estimate of drug-likeness (QED) is 0.225. The van der Waals surface area contributed by atoms with E-state index in [0.29, 0.717) is 22.6 Å². The number of thiazole rings is 1. The molecular weight excluding hydrogens is 507 g/mol. The number of aromatic nitrogens is 1. The molecule has 3 aromatic carbocycles. The van der Waals surface area contributed by atoms with Gasteiger partial charge < -0.3 is 9.84 Å². The van der Waals surface area contributed by atoms with Gasteiger partial charge in [-0.2, -0.15) is 0 Å². The highest BCUT2D eigenvalue weighted by Crippen LogP contribution is 2.43. The number of fused-ring (bicyclic) bond motifs is 1. The van der Waals surface area contributed by atoms with Crippen molar-refractivity contribution in [2.75, 3.05) is 7.11 Å². The first-order valence-electron chi connectivity index (χ1n) is 12.1. The molecule has 1 aliphatic carbocycles. The zero-order chi connectivity index (χ0) is 26.7. The molecule has 8 heteroatoms. The largest absolute Gasteiger partial charge is 0.496 e. The van der Waals surface area contributed by atoms with Gasteiger partial charge >= 0.3 is 5.97 Å². The van der Waals surface area contributed by atoms with E-state index < -0.39 is 17.3 Å². The van der Waals surface area contributed by atoms with Crippen LogP contribution in [0.3, 0.4) is 0 Å². The van der Waals surface area contributed by atoms with Crippen molar-refractivity contribution in [3.05, 3.63) is 71.5 Å². The number of carbonyl (C=O) groups is 1. The summed E-state index contributed by atoms with van der Waals surface area (Å²) in [4.78, 5) is 16.1. The first kappa shape index (κ1) is 27.1. The van der Waals surface area contributed by atoms with Crippen molar-refractivity contribution in [3.63, 3.8) is 0 Å². The van der Waals surface area contributed by atoms with Crippen molar-refractivity contribution < 1.29 is 19.0 Å². The smallest absolute Gasteiger partial charge is 0.338 e. The lowest BCUT2D eigenvalue weighted by Gasteiger charge is -2.34. The number of hydrogen-bond donors (Lipinski definition) is 3. The number of aromatic carboxylic acids is 1. The lowest BCUT2D eigenvalue weighted by atomic mass is 9.71. The van der Waals surface area contributed by atoms with Crippen LogP contribution in [0.15, 0.2) is 54.6 Å². The van der Waals surface area contributed by atoms with Crippen LogP contribution in [0.1, 0.15) is 61.4 Å². The molecule has 0 amide bonds. The van der Waals surface area contributed by atoms with E-state index in [2.05, 4.69) is 56.1 Å². The van der Waals surface area contributed by atoms with Crippen molar-refractivity contribution in [2.24, 2.45) is 10.6 Å². The molecule has 1 heterocycles. The summed E-state index contributed by atoms with van der Waals surface area (Å²) in [7, 11) is 1.45. The second kappa shape index (κ2) is 11.2. The van der Waals surface area contributed by atoms with Crippen LogP contribution in [0.25, 0.3) is 31.9 Å². The number of carboxylic acid groups (broad SMARTS) is 1. The summed E-state index contributed by atoms with van der Waals surface area (Å²) in [5, 5.41) is 14.3. The molecule has 5 rings (SSSR count). The molecule has 1 aliphatic rings. The molecule has 1 saturated carbocycles. The van der Waals surface area contributed by atoms with Gasteiger partial charge in [0.15, 0.2) is 0 Å². The van der Waals surface area contributed by atoms with E-state index in [1.165, 1.54) is 50.5 Å². The van der Waals surface area contributed by atoms with Crippen molar-refractivity contribution in [1.29, 1.82) is 0 Å². The number of hydrogen-bond acceptors (Lipinski definition) is 6. The number of benzene rings is 3. The van der Waals surface area contributed by atoms with Gasteiger partial charge in [0, 0.05) is 11.1 Å². The van der Waals surface area contributed by atoms with Crippen molar-refractivity contribution in [3.8, 4) is 27.4 Å². The van der Waals surface area contributed by atoms with Gasteiger partial charge in [-0.05, 0) is 72.4 Å². The predicted molar refractivity (Wildman–Crippen MR) is 152 cm³/mol. The topological polar surface area (TPSA) is 85.4 Å². The molecule has 194 valence electrons. The first-order valence-corrected chi connectivity index (χ1v) is 13.5. The third-order valence-corrected chi connectivity index (χ3v) is 8.25. The molecule has 0 saturated heterocycles. The summed E-state index contributed by atoms with van der Waals surface area (Å²) in [5.41, 5.74) is 4.67. The molecule has 1 aromatic heterocycles. The van der Waals surface area contributed by atoms with Crippen LogP contribution < -0.4 is 9.88 Å². The summed E-state index contributed by atoms with van der Waals surface area (Å²) < 4.78 is 20.7. The fourth-order valence-electron chi connectivity index (χ4n) is 4.96. The Morgan fingerprint density at radius 1 is 1.08 bits per heavy atom. The van der Waals surface area contributed by atoms with Gasteiger partial charge in [-0.3, -0.25) is 5.14 Å². The highest BCUT2D eigenvalue weighted by Gasteiger charge is 2.27. The molecule has 0 aliphatic heterocycles. The van der Waals surface area contributed by atoms with Gasteiger partial charge in [0.05, 0.1) is 22.9 Å². The molecule has 0 unspecified atom stereocenters. The Balaban J connectivity index is 0.00000156. The predicted octanol–water partition coefficient (Wildman–Crippen LogP) is 7.95. The minimum absolute atomic E-state index is 0.314. The number of thiol groups is 1. The van der Waals surface area contributed by atoms with E-state index in [9.17, 15) is 14.3 Å². The second-order valence-corrected chi connectivity index (χ2v) is 11.1. The van der Waals surface area contributed by atoms with Crippen LogP contribution in [0.5, 0.6) is 5.75 Å². The number of rotatable bonds is 5. The summed E-state index contributed by atoms with van der Waals surface area (Å²) in [6.45, 7) is 4.73. The van der Waals surface area contributed by atoms with Crippen LogP contribution in [0, 0.1) is 11.2 Å². The third-order valence-electron chi connectivity index (χ3n) is 7.19. The van der Waals surface area contributed by atoms with Gasteiger partial charge in [0.1, 0.15) is 16.6 Å². The lowest BCUT2D eigenvalue weighted by Crippen LogP contribution is -2.20. The number of nitrogens with zero attached hydrogens (tertiary/aromatic N) is 1. The summed E-state index contributed by atoms with van der Waals surface area (Å²) in [6, 6.07) is 17.0. The van der Waals surface area contributed by atoms with Crippen LogP contribution in [0.4, 0.5) is 4.39 Å². The van der Waals surface area contributed by atoms with Crippen LogP contribution in [-0.2, 0) is 0 Å². The Morgan fingerprint density at radius 2 is 1.73 bits per heavy atom. The van der Waals surface area contributed by atoms with Crippen LogP contribution in [-0.4, -0.2) is 23.2 Å². The summed E-state index contributed by atoms with van der Waals surface area (Å²) in [5.74, 6) is -1.17. The fourth-order valence-corrected chi connectivity index (χ4v) is 5.97. The van der Waals surface area contributed by atoms with Crippen LogP contribution >= 0.6 is 24.2 Å². The number of methoxy groups -OCH3 is 1. The molecular formula is C29H31FN2O3S2. The number of ether oxygens (including phenoxy) is 1. The van der Waals surface area contributed by atoms with Crippen molar-refractivity contribution in [1.82, 2.24) is 4.98 Å². The maximum Gasteiger partial charge on any atom is 0.338 e. The number of nitrogens with two attached hydrogens (primary N) is 1. The lowest BCUT2D eigenvalue weighted by molar-refractivity contribution is 0.0691. The Morgan fingerprint density at radius 3 is 2.35 bits per heavy atom. The van der Waals surface area contributed by atoms with Gasteiger partial charge in [0.25, 0.3) is 0 Å². The van der Waals surface area contributed by atoms with Gasteiger partial charge in [-0.1, -0.05) is 44.2 Å². The Labute approximate surface area is 226 Å². The third kappa shape index (κ3) is 5.81. The van der Waals surface area contributed by atoms with Crippen LogP contribution in [0.2, 0.25) is 0 Å². The first-order chi connectivity index (χ1) is 17.7.